The highest BCUT2D eigenvalue weighted by molar-refractivity contribution is 5.85. The molecule has 3 nitrogen and oxygen atoms in total. The number of hydrogen-bond donors (Lipinski definition) is 1. The van der Waals surface area contributed by atoms with Gasteiger partial charge in [-0.2, -0.15) is 0 Å². The molecule has 176 valence electrons. The molecule has 4 aliphatic rings. The van der Waals surface area contributed by atoms with E-state index in [0.717, 1.165) is 36.6 Å². The maximum atomic E-state index is 10.2. The van der Waals surface area contributed by atoms with Gasteiger partial charge < -0.3 is 14.9 Å². The lowest BCUT2D eigenvalue weighted by molar-refractivity contribution is -0.0565. The average Bonchev–Trinajstić information content (AvgIpc) is 2.99. The predicted molar refractivity (Wildman–Crippen MR) is 132 cm³/mol. The van der Waals surface area contributed by atoms with Crippen molar-refractivity contribution >= 4 is 24.8 Å². The van der Waals surface area contributed by atoms with Gasteiger partial charge in [-0.25, -0.2) is 0 Å². The quantitative estimate of drug-likeness (QED) is 0.555. The molecule has 5 heteroatoms. The number of fused-ring (bicyclic) bond motifs is 5. The van der Waals surface area contributed by atoms with Crippen LogP contribution in [-0.4, -0.2) is 61.3 Å². The van der Waals surface area contributed by atoms with Gasteiger partial charge in [-0.05, 0) is 121 Å². The number of halogens is 2. The Labute approximate surface area is 197 Å². The fourth-order valence-corrected chi connectivity index (χ4v) is 8.13. The molecule has 3 saturated carbocycles. The van der Waals surface area contributed by atoms with Crippen molar-refractivity contribution in [3.05, 3.63) is 11.6 Å². The molecule has 1 N–H and O–H groups in total. The molecule has 30 heavy (non-hydrogen) atoms. The minimum absolute atomic E-state index is 0. The predicted octanol–water partition coefficient (Wildman–Crippen LogP) is 5.41. The zero-order valence-corrected chi connectivity index (χ0v) is 21.5. The molecule has 0 aromatic heterocycles. The van der Waals surface area contributed by atoms with Crippen LogP contribution in [0.15, 0.2) is 11.6 Å². The molecule has 0 saturated heterocycles. The Hall–Kier alpha value is 0.200. The lowest BCUT2D eigenvalue weighted by Crippen LogP contribution is -2.53. The Morgan fingerprint density at radius 3 is 2.40 bits per heavy atom. The smallest absolute Gasteiger partial charge is 0.0577 e. The fourth-order valence-electron chi connectivity index (χ4n) is 8.13. The van der Waals surface area contributed by atoms with Gasteiger partial charge >= 0.3 is 0 Å². The van der Waals surface area contributed by atoms with Crippen LogP contribution in [0.4, 0.5) is 0 Å². The fraction of sp³-hybridized carbons (Fsp3) is 0.920. The van der Waals surface area contributed by atoms with Gasteiger partial charge in [0.05, 0.1) is 6.10 Å². The van der Waals surface area contributed by atoms with E-state index in [2.05, 4.69) is 50.9 Å². The molecular weight excluding hydrogens is 415 g/mol. The van der Waals surface area contributed by atoms with Gasteiger partial charge in [-0.15, -0.1) is 24.8 Å². The third-order valence-electron chi connectivity index (χ3n) is 9.68. The summed E-state index contributed by atoms with van der Waals surface area (Å²) in [6.07, 6.45) is 13.8. The zero-order valence-electron chi connectivity index (χ0n) is 19.9. The van der Waals surface area contributed by atoms with E-state index in [1.165, 1.54) is 58.0 Å². The molecule has 0 aliphatic heterocycles. The molecule has 0 amide bonds. The lowest BCUT2D eigenvalue weighted by Gasteiger charge is -2.58. The summed E-state index contributed by atoms with van der Waals surface area (Å²) in [6, 6.07) is 0.770. The highest BCUT2D eigenvalue weighted by Gasteiger charge is 2.59. The Kier molecular flexibility index (Phi) is 8.81. The second kappa shape index (κ2) is 10.00. The van der Waals surface area contributed by atoms with Gasteiger partial charge in [-0.1, -0.05) is 25.5 Å². The highest BCUT2D eigenvalue weighted by atomic mass is 35.5. The number of hydrogen-bond acceptors (Lipinski definition) is 3. The van der Waals surface area contributed by atoms with Gasteiger partial charge in [0.2, 0.25) is 0 Å². The highest BCUT2D eigenvalue weighted by Crippen LogP contribution is 2.65. The van der Waals surface area contributed by atoms with E-state index in [0.29, 0.717) is 10.8 Å². The van der Waals surface area contributed by atoms with E-state index in [1.807, 2.05) is 0 Å². The third kappa shape index (κ3) is 4.49. The topological polar surface area (TPSA) is 26.7 Å². The van der Waals surface area contributed by atoms with Crippen molar-refractivity contribution in [2.75, 3.05) is 34.2 Å². The van der Waals surface area contributed by atoms with Crippen molar-refractivity contribution < 1.29 is 5.11 Å². The summed E-state index contributed by atoms with van der Waals surface area (Å²) in [5.74, 6) is 2.63. The van der Waals surface area contributed by atoms with Crippen LogP contribution in [0.25, 0.3) is 0 Å². The summed E-state index contributed by atoms with van der Waals surface area (Å²) in [5, 5.41) is 10.2. The van der Waals surface area contributed by atoms with Crippen LogP contribution in [0.3, 0.4) is 0 Å². The van der Waals surface area contributed by atoms with Crippen LogP contribution >= 0.6 is 24.8 Å². The van der Waals surface area contributed by atoms with Crippen LogP contribution in [0.2, 0.25) is 0 Å². The van der Waals surface area contributed by atoms with Crippen LogP contribution in [0, 0.1) is 28.6 Å². The van der Waals surface area contributed by atoms with Gasteiger partial charge in [0.15, 0.2) is 0 Å². The van der Waals surface area contributed by atoms with Gasteiger partial charge in [0.25, 0.3) is 0 Å². The van der Waals surface area contributed by atoms with E-state index in [-0.39, 0.29) is 30.9 Å². The number of allylic oxidation sites excluding steroid dienone is 1. The lowest BCUT2D eigenvalue weighted by atomic mass is 9.48. The van der Waals surface area contributed by atoms with Crippen LogP contribution in [0.5, 0.6) is 0 Å². The summed E-state index contributed by atoms with van der Waals surface area (Å²) in [7, 11) is 6.76. The van der Waals surface area contributed by atoms with Crippen molar-refractivity contribution in [2.24, 2.45) is 28.6 Å². The van der Waals surface area contributed by atoms with Crippen molar-refractivity contribution in [1.29, 1.82) is 0 Å². The van der Waals surface area contributed by atoms with Crippen molar-refractivity contribution in [2.45, 2.75) is 83.8 Å². The van der Waals surface area contributed by atoms with Crippen LogP contribution < -0.4 is 0 Å². The van der Waals surface area contributed by atoms with Crippen molar-refractivity contribution in [3.63, 3.8) is 0 Å². The normalized spacial score (nSPS) is 42.5. The first-order chi connectivity index (χ1) is 13.3. The van der Waals surface area contributed by atoms with E-state index >= 15 is 0 Å². The Bertz CT molecular complexity index is 612. The minimum atomic E-state index is -0.0867. The second-order valence-electron chi connectivity index (χ2n) is 11.4. The van der Waals surface area contributed by atoms with Crippen LogP contribution in [0.1, 0.15) is 71.6 Å². The molecule has 4 aliphatic carbocycles. The zero-order chi connectivity index (χ0) is 20.1. The summed E-state index contributed by atoms with van der Waals surface area (Å²) in [4.78, 5) is 5.03. The largest absolute Gasteiger partial charge is 0.393 e. The summed E-state index contributed by atoms with van der Waals surface area (Å²) >= 11 is 0. The molecule has 0 radical (unpaired) electrons. The van der Waals surface area contributed by atoms with Crippen LogP contribution in [-0.2, 0) is 0 Å². The van der Waals surface area contributed by atoms with Crippen molar-refractivity contribution in [1.82, 2.24) is 9.80 Å². The van der Waals surface area contributed by atoms with Gasteiger partial charge in [0, 0.05) is 6.04 Å². The maximum absolute atomic E-state index is 10.2. The first-order valence-corrected chi connectivity index (χ1v) is 12.0. The van der Waals surface area contributed by atoms with E-state index in [9.17, 15) is 5.11 Å². The molecule has 7 unspecified atom stereocenters. The molecule has 4 rings (SSSR count). The number of aliphatic hydroxyl groups is 1. The monoisotopic (exact) mass is 460 g/mol. The average molecular weight is 462 g/mol. The molecule has 3 fully saturated rings. The first kappa shape index (κ1) is 26.5. The Morgan fingerprint density at radius 1 is 0.967 bits per heavy atom. The number of rotatable bonds is 5. The van der Waals surface area contributed by atoms with E-state index in [4.69, 9.17) is 0 Å². The SMILES string of the molecule is CN(C)CCCN(C)C1CCC2C3CC=C4CC(O)CCC4(C)C3CCC21C.Cl.Cl. The molecule has 0 aromatic carbocycles. The van der Waals surface area contributed by atoms with Gasteiger partial charge in [0.1, 0.15) is 0 Å². The second-order valence-corrected chi connectivity index (χ2v) is 11.4. The minimum Gasteiger partial charge on any atom is -0.393 e. The summed E-state index contributed by atoms with van der Waals surface area (Å²) in [6.45, 7) is 7.61. The molecular formula is C25H46Cl2N2O. The first-order valence-electron chi connectivity index (χ1n) is 12.0. The molecule has 0 bridgehead atoms. The molecule has 0 heterocycles. The maximum Gasteiger partial charge on any atom is 0.0577 e. The Balaban J connectivity index is 0.00000160. The number of aliphatic hydroxyl groups excluding tert-OH is 1. The summed E-state index contributed by atoms with van der Waals surface area (Å²) in [5.41, 5.74) is 2.48. The van der Waals surface area contributed by atoms with E-state index in [1.54, 1.807) is 5.57 Å². The van der Waals surface area contributed by atoms with Gasteiger partial charge in [-0.3, -0.25) is 0 Å². The number of nitrogens with zero attached hydrogens (tertiary/aromatic N) is 2. The standard InChI is InChI=1S/C25H44N2O.2ClH/c1-24-13-11-19(28)17-18(24)7-8-20-21-9-10-23(25(21,2)14-12-22(20)24)27(5)16-6-15-26(3)4;;/h7,19-23,28H,6,8-17H2,1-5H3;2*1H. The molecule has 0 aromatic rings. The summed E-state index contributed by atoms with van der Waals surface area (Å²) < 4.78 is 0. The Morgan fingerprint density at radius 2 is 1.70 bits per heavy atom. The van der Waals surface area contributed by atoms with E-state index < -0.39 is 0 Å². The van der Waals surface area contributed by atoms with Crippen molar-refractivity contribution in [3.8, 4) is 0 Å². The molecule has 7 atom stereocenters. The molecule has 0 spiro atoms. The third-order valence-corrected chi connectivity index (χ3v) is 9.68.